The summed E-state index contributed by atoms with van der Waals surface area (Å²) in [5, 5.41) is 6.68. The van der Waals surface area contributed by atoms with Crippen molar-refractivity contribution in [2.45, 2.75) is 6.54 Å². The molecule has 4 rings (SSSR count). The minimum Gasteiger partial charge on any atom is -0.342 e. The Hall–Kier alpha value is -3.81. The van der Waals surface area contributed by atoms with E-state index in [0.717, 1.165) is 11.3 Å². The number of benzene rings is 1. The number of nitrogens with zero attached hydrogens (tertiary/aromatic N) is 5. The van der Waals surface area contributed by atoms with E-state index in [1.807, 2.05) is 30.3 Å². The zero-order valence-electron chi connectivity index (χ0n) is 13.6. The van der Waals surface area contributed by atoms with Crippen LogP contribution in [0.25, 0.3) is 17.1 Å². The molecule has 8 nitrogen and oxygen atoms in total. The molecule has 8 heteroatoms. The minimum atomic E-state index is -0.282. The predicted molar refractivity (Wildman–Crippen MR) is 92.3 cm³/mol. The fraction of sp³-hybridized carbons (Fsp3) is 0.0556. The number of para-hydroxylation sites is 1. The zero-order valence-corrected chi connectivity index (χ0v) is 13.6. The summed E-state index contributed by atoms with van der Waals surface area (Å²) in [6.45, 7) is 0.122. The van der Waals surface area contributed by atoms with E-state index in [9.17, 15) is 4.79 Å². The fourth-order valence-electron chi connectivity index (χ4n) is 2.45. The molecular weight excluding hydrogens is 332 g/mol. The van der Waals surface area contributed by atoms with E-state index in [1.54, 1.807) is 35.4 Å². The lowest BCUT2D eigenvalue weighted by molar-refractivity contribution is 0.0939. The molecule has 26 heavy (non-hydrogen) atoms. The maximum atomic E-state index is 12.5. The number of carbonyl (C=O) groups excluding carboxylic acids is 1. The van der Waals surface area contributed by atoms with Crippen molar-refractivity contribution in [3.05, 3.63) is 79.0 Å². The van der Waals surface area contributed by atoms with Crippen LogP contribution in [0.15, 0.2) is 71.9 Å². The molecule has 3 aromatic heterocycles. The van der Waals surface area contributed by atoms with Crippen LogP contribution in [0.2, 0.25) is 0 Å². The molecule has 0 spiro atoms. The maximum Gasteiger partial charge on any atom is 0.270 e. The quantitative estimate of drug-likeness (QED) is 0.595. The molecule has 128 valence electrons. The van der Waals surface area contributed by atoms with Gasteiger partial charge in [-0.2, -0.15) is 4.98 Å². The van der Waals surface area contributed by atoms with Crippen molar-refractivity contribution in [2.75, 3.05) is 0 Å². The van der Waals surface area contributed by atoms with Crippen molar-refractivity contribution in [1.29, 1.82) is 0 Å². The van der Waals surface area contributed by atoms with Crippen molar-refractivity contribution in [1.82, 2.24) is 30.0 Å². The Labute approximate surface area is 148 Å². The number of carbonyl (C=O) groups is 1. The van der Waals surface area contributed by atoms with Crippen LogP contribution in [0.1, 0.15) is 16.4 Å². The number of pyridine rings is 1. The fourth-order valence-corrected chi connectivity index (χ4v) is 2.45. The molecule has 0 unspecified atom stereocenters. The Bertz CT molecular complexity index is 1010. The summed E-state index contributed by atoms with van der Waals surface area (Å²) < 4.78 is 6.90. The molecule has 0 bridgehead atoms. The smallest absolute Gasteiger partial charge is 0.270 e. The molecule has 1 amide bonds. The molecule has 0 saturated heterocycles. The Balaban J connectivity index is 1.46. The van der Waals surface area contributed by atoms with Crippen LogP contribution in [0, 0.1) is 0 Å². The van der Waals surface area contributed by atoms with Crippen LogP contribution in [0.4, 0.5) is 0 Å². The molecule has 0 aliphatic rings. The Kier molecular flexibility index (Phi) is 4.21. The van der Waals surface area contributed by atoms with E-state index in [4.69, 9.17) is 4.52 Å². The van der Waals surface area contributed by atoms with Crippen molar-refractivity contribution in [3.8, 4) is 17.1 Å². The molecule has 1 N–H and O–H groups in total. The third-order valence-electron chi connectivity index (χ3n) is 3.71. The highest BCUT2D eigenvalue weighted by Gasteiger charge is 2.15. The summed E-state index contributed by atoms with van der Waals surface area (Å²) in [5.41, 5.74) is 2.07. The molecule has 4 aromatic rings. The van der Waals surface area contributed by atoms with Gasteiger partial charge in [-0.15, -0.1) is 0 Å². The first-order valence-electron chi connectivity index (χ1n) is 7.90. The Morgan fingerprint density at radius 1 is 1.08 bits per heavy atom. The average Bonchev–Trinajstić information content (AvgIpc) is 3.37. The summed E-state index contributed by atoms with van der Waals surface area (Å²) in [4.78, 5) is 24.8. The number of aromatic nitrogens is 5. The van der Waals surface area contributed by atoms with Crippen LogP contribution in [0.5, 0.6) is 0 Å². The van der Waals surface area contributed by atoms with E-state index in [2.05, 4.69) is 25.4 Å². The summed E-state index contributed by atoms with van der Waals surface area (Å²) in [7, 11) is 0. The number of hydrogen-bond donors (Lipinski definition) is 1. The summed E-state index contributed by atoms with van der Waals surface area (Å²) >= 11 is 0. The second-order valence-electron chi connectivity index (χ2n) is 5.41. The molecule has 0 saturated carbocycles. The van der Waals surface area contributed by atoms with Crippen LogP contribution in [-0.4, -0.2) is 30.6 Å². The Morgan fingerprint density at radius 2 is 1.88 bits per heavy atom. The normalized spacial score (nSPS) is 10.6. The standard InChI is InChI=1S/C18H14N6O2/c25-18(15-10-20-12-24(15)14-4-2-1-3-5-14)21-11-16-22-17(23-26-16)13-6-8-19-9-7-13/h1-10,12H,11H2,(H,21,25). The third-order valence-corrected chi connectivity index (χ3v) is 3.71. The predicted octanol–water partition coefficient (Wildman–Crippen LogP) is 2.25. The van der Waals surface area contributed by atoms with Crippen LogP contribution in [0.3, 0.4) is 0 Å². The third kappa shape index (κ3) is 3.20. The van der Waals surface area contributed by atoms with Crippen molar-refractivity contribution in [3.63, 3.8) is 0 Å². The van der Waals surface area contributed by atoms with Gasteiger partial charge in [0.05, 0.1) is 19.1 Å². The van der Waals surface area contributed by atoms with Gasteiger partial charge in [0.1, 0.15) is 5.69 Å². The van der Waals surface area contributed by atoms with E-state index in [-0.39, 0.29) is 12.5 Å². The lowest BCUT2D eigenvalue weighted by Crippen LogP contribution is -2.25. The van der Waals surface area contributed by atoms with E-state index >= 15 is 0 Å². The van der Waals surface area contributed by atoms with Gasteiger partial charge in [-0.25, -0.2) is 4.98 Å². The minimum absolute atomic E-state index is 0.122. The second kappa shape index (κ2) is 6.98. The van der Waals surface area contributed by atoms with Gasteiger partial charge in [0.25, 0.3) is 5.91 Å². The van der Waals surface area contributed by atoms with Crippen molar-refractivity contribution >= 4 is 5.91 Å². The zero-order chi connectivity index (χ0) is 17.8. The van der Waals surface area contributed by atoms with Crippen LogP contribution >= 0.6 is 0 Å². The SMILES string of the molecule is O=C(NCc1nc(-c2ccncc2)no1)c1cncn1-c1ccccc1. The van der Waals surface area contributed by atoms with Gasteiger partial charge in [0.2, 0.25) is 11.7 Å². The van der Waals surface area contributed by atoms with Gasteiger partial charge in [-0.1, -0.05) is 23.4 Å². The van der Waals surface area contributed by atoms with Gasteiger partial charge >= 0.3 is 0 Å². The van der Waals surface area contributed by atoms with Gasteiger partial charge in [0.15, 0.2) is 0 Å². The van der Waals surface area contributed by atoms with Crippen molar-refractivity contribution < 1.29 is 9.32 Å². The molecule has 0 aliphatic carbocycles. The van der Waals surface area contributed by atoms with Gasteiger partial charge in [-0.3, -0.25) is 14.3 Å². The van der Waals surface area contributed by atoms with Gasteiger partial charge in [-0.05, 0) is 24.3 Å². The van der Waals surface area contributed by atoms with E-state index in [1.165, 1.54) is 6.20 Å². The van der Waals surface area contributed by atoms with Crippen molar-refractivity contribution in [2.24, 2.45) is 0 Å². The molecule has 0 radical (unpaired) electrons. The summed E-state index contributed by atoms with van der Waals surface area (Å²) in [6.07, 6.45) is 6.41. The molecule has 3 heterocycles. The van der Waals surface area contributed by atoms with Gasteiger partial charge < -0.3 is 9.84 Å². The lowest BCUT2D eigenvalue weighted by Gasteiger charge is -2.07. The monoisotopic (exact) mass is 346 g/mol. The molecule has 1 aromatic carbocycles. The number of rotatable bonds is 5. The van der Waals surface area contributed by atoms with Crippen LogP contribution in [-0.2, 0) is 6.54 Å². The first kappa shape index (κ1) is 15.7. The highest BCUT2D eigenvalue weighted by Crippen LogP contribution is 2.14. The Morgan fingerprint density at radius 3 is 2.69 bits per heavy atom. The highest BCUT2D eigenvalue weighted by atomic mass is 16.5. The number of amides is 1. The molecule has 0 aliphatic heterocycles. The lowest BCUT2D eigenvalue weighted by atomic mass is 10.2. The summed E-state index contributed by atoms with van der Waals surface area (Å²) in [6, 6.07) is 13.1. The molecular formula is C18H14N6O2. The second-order valence-corrected chi connectivity index (χ2v) is 5.41. The largest absolute Gasteiger partial charge is 0.342 e. The molecule has 0 fully saturated rings. The molecule has 0 atom stereocenters. The first-order chi connectivity index (χ1) is 12.8. The highest BCUT2D eigenvalue weighted by molar-refractivity contribution is 5.92. The number of hydrogen-bond acceptors (Lipinski definition) is 6. The number of nitrogens with one attached hydrogen (secondary N) is 1. The first-order valence-corrected chi connectivity index (χ1v) is 7.90. The number of imidazole rings is 1. The summed E-state index contributed by atoms with van der Waals surface area (Å²) in [5.74, 6) is 0.483. The average molecular weight is 346 g/mol. The maximum absolute atomic E-state index is 12.5. The van der Waals surface area contributed by atoms with Gasteiger partial charge in [0, 0.05) is 23.6 Å². The topological polar surface area (TPSA) is 98.7 Å². The van der Waals surface area contributed by atoms with E-state index < -0.39 is 0 Å². The van der Waals surface area contributed by atoms with Crippen LogP contribution < -0.4 is 5.32 Å². The van der Waals surface area contributed by atoms with E-state index in [0.29, 0.717) is 17.4 Å².